The Labute approximate surface area is 115 Å². The van der Waals surface area contributed by atoms with Crippen LogP contribution in [-0.4, -0.2) is 11.7 Å². The molecule has 110 valence electrons. The van der Waals surface area contributed by atoms with Crippen LogP contribution < -0.4 is 5.73 Å². The average molecular weight is 285 g/mol. The summed E-state index contributed by atoms with van der Waals surface area (Å²) in [7, 11) is 0. The fraction of sp³-hybridized carbons (Fsp3) is 0.600. The zero-order chi connectivity index (χ0) is 14.5. The minimum absolute atomic E-state index is 0.0828. The molecule has 0 spiro atoms. The molecule has 0 heterocycles. The first-order valence-corrected chi connectivity index (χ1v) is 7.00. The molecule has 0 amide bonds. The molecule has 2 saturated carbocycles. The van der Waals surface area contributed by atoms with Gasteiger partial charge in [-0.1, -0.05) is 6.42 Å². The van der Waals surface area contributed by atoms with Crippen molar-refractivity contribution in [2.45, 2.75) is 31.8 Å². The third-order valence-electron chi connectivity index (χ3n) is 5.27. The summed E-state index contributed by atoms with van der Waals surface area (Å²) in [6, 6.07) is 1.76. The van der Waals surface area contributed by atoms with Gasteiger partial charge < -0.3 is 10.8 Å². The molecule has 0 aliphatic heterocycles. The van der Waals surface area contributed by atoms with E-state index in [1.54, 1.807) is 0 Å². The molecule has 2 fully saturated rings. The van der Waals surface area contributed by atoms with E-state index in [0.29, 0.717) is 5.92 Å². The van der Waals surface area contributed by atoms with Gasteiger partial charge in [-0.15, -0.1) is 0 Å². The standard InChI is InChI=1S/C15H18F3NO/c16-11-4-9(5-12(17)13(11)18)14(20)15(7-19)6-8-1-2-10(15)3-8/h4-5,8,10,14,20H,1-3,6-7,19H2. The van der Waals surface area contributed by atoms with Gasteiger partial charge in [0.15, 0.2) is 17.5 Å². The van der Waals surface area contributed by atoms with Crippen molar-refractivity contribution in [2.75, 3.05) is 6.54 Å². The average Bonchev–Trinajstić information content (AvgIpc) is 3.04. The van der Waals surface area contributed by atoms with Crippen molar-refractivity contribution in [1.82, 2.24) is 0 Å². The van der Waals surface area contributed by atoms with Crippen LogP contribution >= 0.6 is 0 Å². The molecule has 2 bridgehead atoms. The minimum Gasteiger partial charge on any atom is -0.388 e. The Kier molecular flexibility index (Phi) is 3.29. The van der Waals surface area contributed by atoms with Gasteiger partial charge in [0, 0.05) is 12.0 Å². The molecule has 0 saturated heterocycles. The maximum Gasteiger partial charge on any atom is 0.194 e. The Hall–Kier alpha value is -1.07. The molecule has 20 heavy (non-hydrogen) atoms. The van der Waals surface area contributed by atoms with E-state index in [9.17, 15) is 18.3 Å². The molecule has 4 unspecified atom stereocenters. The molecule has 2 aliphatic carbocycles. The first-order valence-electron chi connectivity index (χ1n) is 7.00. The molecule has 1 aromatic rings. The van der Waals surface area contributed by atoms with E-state index in [4.69, 9.17) is 5.73 Å². The predicted octanol–water partition coefficient (Wildman–Crippen LogP) is 2.90. The van der Waals surface area contributed by atoms with Gasteiger partial charge in [0.05, 0.1) is 6.10 Å². The third-order valence-corrected chi connectivity index (χ3v) is 5.27. The van der Waals surface area contributed by atoms with Crippen LogP contribution in [0.5, 0.6) is 0 Å². The maximum absolute atomic E-state index is 13.3. The second kappa shape index (κ2) is 4.74. The lowest BCUT2D eigenvalue weighted by molar-refractivity contribution is -0.0134. The highest BCUT2D eigenvalue weighted by atomic mass is 19.2. The Morgan fingerprint density at radius 1 is 1.25 bits per heavy atom. The molecule has 2 nitrogen and oxygen atoms in total. The van der Waals surface area contributed by atoms with Crippen molar-refractivity contribution in [3.63, 3.8) is 0 Å². The van der Waals surface area contributed by atoms with Crippen LogP contribution in [0, 0.1) is 34.7 Å². The number of aliphatic hydroxyl groups excluding tert-OH is 1. The summed E-state index contributed by atoms with van der Waals surface area (Å²) in [4.78, 5) is 0. The topological polar surface area (TPSA) is 46.2 Å². The minimum atomic E-state index is -1.50. The molecule has 3 N–H and O–H groups in total. The Morgan fingerprint density at radius 3 is 2.35 bits per heavy atom. The summed E-state index contributed by atoms with van der Waals surface area (Å²) in [6.45, 7) is 0.274. The number of aliphatic hydroxyl groups is 1. The van der Waals surface area contributed by atoms with Gasteiger partial charge in [-0.25, -0.2) is 13.2 Å². The van der Waals surface area contributed by atoms with Crippen molar-refractivity contribution >= 4 is 0 Å². The van der Waals surface area contributed by atoms with E-state index in [-0.39, 0.29) is 18.0 Å². The first-order chi connectivity index (χ1) is 9.48. The summed E-state index contributed by atoms with van der Waals surface area (Å²) < 4.78 is 39.7. The van der Waals surface area contributed by atoms with Crippen LogP contribution in [0.1, 0.15) is 37.4 Å². The highest BCUT2D eigenvalue weighted by Crippen LogP contribution is 2.60. The summed E-state index contributed by atoms with van der Waals surface area (Å²) in [5, 5.41) is 10.6. The second-order valence-corrected chi connectivity index (χ2v) is 6.22. The summed E-state index contributed by atoms with van der Waals surface area (Å²) in [6.07, 6.45) is 2.86. The van der Waals surface area contributed by atoms with Gasteiger partial charge in [-0.05, 0) is 48.8 Å². The van der Waals surface area contributed by atoms with Crippen LogP contribution in [-0.2, 0) is 0 Å². The van der Waals surface area contributed by atoms with Gasteiger partial charge in [0.25, 0.3) is 0 Å². The second-order valence-electron chi connectivity index (χ2n) is 6.22. The number of fused-ring (bicyclic) bond motifs is 2. The molecular formula is C15H18F3NO. The largest absolute Gasteiger partial charge is 0.388 e. The predicted molar refractivity (Wildman–Crippen MR) is 68.2 cm³/mol. The van der Waals surface area contributed by atoms with E-state index < -0.39 is 29.0 Å². The molecule has 4 atom stereocenters. The van der Waals surface area contributed by atoms with E-state index >= 15 is 0 Å². The zero-order valence-corrected chi connectivity index (χ0v) is 11.1. The van der Waals surface area contributed by atoms with Gasteiger partial charge in [0.1, 0.15) is 0 Å². The van der Waals surface area contributed by atoms with E-state index in [0.717, 1.165) is 37.8 Å². The van der Waals surface area contributed by atoms with Gasteiger partial charge in [-0.3, -0.25) is 0 Å². The lowest BCUT2D eigenvalue weighted by Gasteiger charge is -2.41. The molecule has 5 heteroatoms. The van der Waals surface area contributed by atoms with Crippen LogP contribution in [0.4, 0.5) is 13.2 Å². The summed E-state index contributed by atoms with van der Waals surface area (Å²) in [5.74, 6) is -3.23. The Morgan fingerprint density at radius 2 is 1.90 bits per heavy atom. The number of benzene rings is 1. The number of nitrogens with two attached hydrogens (primary N) is 1. The molecule has 3 rings (SSSR count). The van der Waals surface area contributed by atoms with Crippen molar-refractivity contribution in [1.29, 1.82) is 0 Å². The van der Waals surface area contributed by atoms with Crippen molar-refractivity contribution in [2.24, 2.45) is 23.0 Å². The molecule has 0 radical (unpaired) electrons. The Bertz CT molecular complexity index is 513. The van der Waals surface area contributed by atoms with E-state index in [1.807, 2.05) is 0 Å². The number of hydrogen-bond donors (Lipinski definition) is 2. The summed E-state index contributed by atoms with van der Waals surface area (Å²) in [5.41, 5.74) is 5.43. The van der Waals surface area contributed by atoms with Crippen LogP contribution in [0.25, 0.3) is 0 Å². The molecule has 1 aromatic carbocycles. The van der Waals surface area contributed by atoms with Crippen molar-refractivity contribution in [3.05, 3.63) is 35.1 Å². The van der Waals surface area contributed by atoms with E-state index in [2.05, 4.69) is 0 Å². The number of hydrogen-bond acceptors (Lipinski definition) is 2. The lowest BCUT2D eigenvalue weighted by atomic mass is 9.67. The smallest absolute Gasteiger partial charge is 0.194 e. The maximum atomic E-state index is 13.3. The first kappa shape index (κ1) is 13.9. The number of halogens is 3. The van der Waals surface area contributed by atoms with Crippen molar-refractivity contribution in [3.8, 4) is 0 Å². The fourth-order valence-electron chi connectivity index (χ4n) is 4.25. The molecular weight excluding hydrogens is 267 g/mol. The van der Waals surface area contributed by atoms with Gasteiger partial charge in [-0.2, -0.15) is 0 Å². The molecule has 0 aromatic heterocycles. The normalized spacial score (nSPS) is 33.6. The van der Waals surface area contributed by atoms with Crippen LogP contribution in [0.2, 0.25) is 0 Å². The van der Waals surface area contributed by atoms with Crippen LogP contribution in [0.15, 0.2) is 12.1 Å². The highest BCUT2D eigenvalue weighted by Gasteiger charge is 2.54. The third kappa shape index (κ3) is 1.87. The monoisotopic (exact) mass is 285 g/mol. The molecule has 2 aliphatic rings. The fourth-order valence-corrected chi connectivity index (χ4v) is 4.25. The van der Waals surface area contributed by atoms with Gasteiger partial charge in [0.2, 0.25) is 0 Å². The number of rotatable bonds is 3. The van der Waals surface area contributed by atoms with Crippen LogP contribution in [0.3, 0.4) is 0 Å². The van der Waals surface area contributed by atoms with Crippen molar-refractivity contribution < 1.29 is 18.3 Å². The van der Waals surface area contributed by atoms with E-state index in [1.165, 1.54) is 0 Å². The van der Waals surface area contributed by atoms with Gasteiger partial charge >= 0.3 is 0 Å². The Balaban J connectivity index is 1.97. The zero-order valence-electron chi connectivity index (χ0n) is 11.1. The summed E-state index contributed by atoms with van der Waals surface area (Å²) >= 11 is 0. The SMILES string of the molecule is NCC1(C(O)c2cc(F)c(F)c(F)c2)CC2CCC1C2. The lowest BCUT2D eigenvalue weighted by Crippen LogP contribution is -2.41. The quantitative estimate of drug-likeness (QED) is 0.839. The highest BCUT2D eigenvalue weighted by molar-refractivity contribution is 5.25.